The Morgan fingerprint density at radius 3 is 2.45 bits per heavy atom. The quantitative estimate of drug-likeness (QED) is 0.687. The Labute approximate surface area is 173 Å². The number of hydrogen-bond acceptors (Lipinski definition) is 4. The van der Waals surface area contributed by atoms with Gasteiger partial charge in [0.15, 0.2) is 0 Å². The van der Waals surface area contributed by atoms with E-state index in [2.05, 4.69) is 16.0 Å². The summed E-state index contributed by atoms with van der Waals surface area (Å²) in [7, 11) is 1.64. The van der Waals surface area contributed by atoms with Crippen molar-refractivity contribution >= 4 is 17.5 Å². The molecule has 3 unspecified atom stereocenters. The van der Waals surface area contributed by atoms with Crippen LogP contribution in [-0.2, 0) is 9.59 Å². The van der Waals surface area contributed by atoms with E-state index in [9.17, 15) is 9.59 Å². The van der Waals surface area contributed by atoms with Gasteiger partial charge in [0.2, 0.25) is 11.8 Å². The number of carbonyl (C=O) groups excluding carboxylic acids is 2. The number of nitrogens with one attached hydrogen (secondary N) is 3. The van der Waals surface area contributed by atoms with E-state index < -0.39 is 5.54 Å². The van der Waals surface area contributed by atoms with E-state index in [4.69, 9.17) is 4.74 Å². The molecule has 1 aromatic rings. The molecule has 4 aliphatic rings. The van der Waals surface area contributed by atoms with Gasteiger partial charge in [0.25, 0.3) is 0 Å². The fourth-order valence-electron chi connectivity index (χ4n) is 6.24. The first-order valence-corrected chi connectivity index (χ1v) is 10.7. The summed E-state index contributed by atoms with van der Waals surface area (Å²) in [5.41, 5.74) is 0.0769. The van der Waals surface area contributed by atoms with Crippen molar-refractivity contribution in [3.05, 3.63) is 24.3 Å². The smallest absolute Gasteiger partial charge is 0.245 e. The summed E-state index contributed by atoms with van der Waals surface area (Å²) in [5.74, 6) is 2.42. The molecule has 158 valence electrons. The molecule has 0 radical (unpaired) electrons. The molecule has 0 spiro atoms. The zero-order valence-electron chi connectivity index (χ0n) is 17.9. The van der Waals surface area contributed by atoms with Gasteiger partial charge in [-0.3, -0.25) is 9.59 Å². The maximum Gasteiger partial charge on any atom is 0.245 e. The predicted octanol–water partition coefficient (Wildman–Crippen LogP) is 3.09. The largest absolute Gasteiger partial charge is 0.497 e. The van der Waals surface area contributed by atoms with E-state index in [1.165, 1.54) is 0 Å². The molecule has 0 heterocycles. The van der Waals surface area contributed by atoms with Crippen molar-refractivity contribution in [3.8, 4) is 5.75 Å². The van der Waals surface area contributed by atoms with Crippen molar-refractivity contribution in [2.75, 3.05) is 12.4 Å². The first-order valence-electron chi connectivity index (χ1n) is 10.7. The fourth-order valence-corrected chi connectivity index (χ4v) is 6.24. The lowest BCUT2D eigenvalue weighted by atomic mass is 9.51. The summed E-state index contributed by atoms with van der Waals surface area (Å²) in [4.78, 5) is 24.9. The molecule has 4 aliphatic carbocycles. The lowest BCUT2D eigenvalue weighted by molar-refractivity contribution is -0.132. The van der Waals surface area contributed by atoms with Crippen LogP contribution in [0.5, 0.6) is 5.75 Å². The lowest BCUT2D eigenvalue weighted by Gasteiger charge is -2.60. The molecule has 2 amide bonds. The highest BCUT2D eigenvalue weighted by Crippen LogP contribution is 2.55. The molecule has 1 aromatic carbocycles. The molecule has 0 aliphatic heterocycles. The average molecular weight is 400 g/mol. The van der Waals surface area contributed by atoms with Gasteiger partial charge in [-0.1, -0.05) is 6.07 Å². The number of hydrogen-bond donors (Lipinski definition) is 3. The van der Waals surface area contributed by atoms with Gasteiger partial charge >= 0.3 is 0 Å². The van der Waals surface area contributed by atoms with Gasteiger partial charge in [0.1, 0.15) is 11.3 Å². The molecular weight excluding hydrogens is 366 g/mol. The van der Waals surface area contributed by atoms with Crippen LogP contribution in [0, 0.1) is 17.8 Å². The summed E-state index contributed by atoms with van der Waals surface area (Å²) < 4.78 is 5.28. The lowest BCUT2D eigenvalue weighted by Crippen LogP contribution is -2.67. The van der Waals surface area contributed by atoms with Gasteiger partial charge in [0, 0.05) is 30.3 Å². The van der Waals surface area contributed by atoms with Gasteiger partial charge in [-0.2, -0.15) is 0 Å². The van der Waals surface area contributed by atoms with Gasteiger partial charge in [-0.15, -0.1) is 0 Å². The second-order valence-electron chi connectivity index (χ2n) is 9.91. The highest BCUT2D eigenvalue weighted by atomic mass is 16.5. The monoisotopic (exact) mass is 399 g/mol. The summed E-state index contributed by atoms with van der Waals surface area (Å²) in [6.07, 6.45) is 5.38. The van der Waals surface area contributed by atoms with Gasteiger partial charge in [-0.05, 0) is 75.8 Å². The number of amides is 2. The van der Waals surface area contributed by atoms with E-state index >= 15 is 0 Å². The van der Waals surface area contributed by atoms with Crippen molar-refractivity contribution in [1.29, 1.82) is 0 Å². The number of rotatable bonds is 6. The van der Waals surface area contributed by atoms with Crippen LogP contribution < -0.4 is 20.7 Å². The van der Waals surface area contributed by atoms with Crippen LogP contribution in [0.15, 0.2) is 24.3 Å². The zero-order chi connectivity index (χ0) is 20.8. The molecule has 3 N–H and O–H groups in total. The first-order chi connectivity index (χ1) is 13.7. The Balaban J connectivity index is 1.44. The normalized spacial score (nSPS) is 32.6. The highest BCUT2D eigenvalue weighted by molar-refractivity contribution is 5.89. The Morgan fingerprint density at radius 2 is 1.83 bits per heavy atom. The van der Waals surface area contributed by atoms with E-state index in [1.54, 1.807) is 14.0 Å². The zero-order valence-corrected chi connectivity index (χ0v) is 17.9. The third-order valence-electron chi connectivity index (χ3n) is 7.11. The number of anilines is 1. The molecule has 0 saturated heterocycles. The van der Waals surface area contributed by atoms with Crippen molar-refractivity contribution in [2.24, 2.45) is 17.8 Å². The maximum atomic E-state index is 13.2. The van der Waals surface area contributed by atoms with E-state index in [0.29, 0.717) is 17.8 Å². The minimum Gasteiger partial charge on any atom is -0.497 e. The fraction of sp³-hybridized carbons (Fsp3) is 0.652. The van der Waals surface area contributed by atoms with Gasteiger partial charge in [-0.25, -0.2) is 0 Å². The molecule has 4 saturated carbocycles. The van der Waals surface area contributed by atoms with Crippen LogP contribution in [0.1, 0.15) is 52.9 Å². The maximum absolute atomic E-state index is 13.2. The second-order valence-corrected chi connectivity index (χ2v) is 9.91. The van der Waals surface area contributed by atoms with Gasteiger partial charge in [0.05, 0.1) is 7.11 Å². The van der Waals surface area contributed by atoms with Crippen LogP contribution in [0.25, 0.3) is 0 Å². The van der Waals surface area contributed by atoms with Crippen molar-refractivity contribution in [1.82, 2.24) is 10.6 Å². The standard InChI is InChI=1S/C23H33N3O3/c1-14(27)25-23-11-15-8-16(12-23)20(17(9-15)13-23)24-21(28)22(2,3)26-18-6-5-7-19(10-18)29-4/h5-7,10,15-17,20,26H,8-9,11-13H2,1-4H3,(H,24,28)(H,25,27)/t15?,16-,17+,20?,23?. The molecule has 5 atom stereocenters. The minimum absolute atomic E-state index is 0.0198. The number of carbonyl (C=O) groups is 2. The number of methoxy groups -OCH3 is 1. The van der Waals surface area contributed by atoms with Crippen molar-refractivity contribution < 1.29 is 14.3 Å². The molecular formula is C23H33N3O3. The summed E-state index contributed by atoms with van der Waals surface area (Å²) in [6.45, 7) is 5.44. The van der Waals surface area contributed by atoms with Crippen LogP contribution in [0.4, 0.5) is 5.69 Å². The molecule has 4 bridgehead atoms. The first kappa shape index (κ1) is 20.0. The van der Waals surface area contributed by atoms with Crippen molar-refractivity contribution in [2.45, 2.75) is 70.0 Å². The number of benzene rings is 1. The van der Waals surface area contributed by atoms with Gasteiger partial charge < -0.3 is 20.7 Å². The van der Waals surface area contributed by atoms with E-state index in [1.807, 2.05) is 38.1 Å². The topological polar surface area (TPSA) is 79.5 Å². The van der Waals surface area contributed by atoms with Crippen LogP contribution >= 0.6 is 0 Å². The SMILES string of the molecule is COc1cccc(NC(C)(C)C(=O)NC2[C@@H]3CC4C[C@H]2CC(NC(C)=O)(C4)C3)c1. The minimum atomic E-state index is -0.740. The van der Waals surface area contributed by atoms with E-state index in [-0.39, 0.29) is 23.4 Å². The average Bonchev–Trinajstić information content (AvgIpc) is 2.62. The summed E-state index contributed by atoms with van der Waals surface area (Å²) >= 11 is 0. The molecule has 6 nitrogen and oxygen atoms in total. The molecule has 5 rings (SSSR count). The number of ether oxygens (including phenoxy) is 1. The van der Waals surface area contributed by atoms with Crippen molar-refractivity contribution in [3.63, 3.8) is 0 Å². The molecule has 6 heteroatoms. The van der Waals surface area contributed by atoms with Crippen LogP contribution in [0.3, 0.4) is 0 Å². The van der Waals surface area contributed by atoms with Crippen LogP contribution in [-0.4, -0.2) is 36.0 Å². The van der Waals surface area contributed by atoms with E-state index in [0.717, 1.165) is 43.5 Å². The van der Waals surface area contributed by atoms with Crippen LogP contribution in [0.2, 0.25) is 0 Å². The third-order valence-corrected chi connectivity index (χ3v) is 7.11. The molecule has 0 aromatic heterocycles. The Bertz CT molecular complexity index is 790. The Morgan fingerprint density at radius 1 is 1.14 bits per heavy atom. The summed E-state index contributed by atoms with van der Waals surface area (Å²) in [6, 6.07) is 7.84. The third kappa shape index (κ3) is 3.94. The summed E-state index contributed by atoms with van der Waals surface area (Å²) in [5, 5.41) is 9.99. The second kappa shape index (κ2) is 7.22. The molecule has 4 fully saturated rings. The Kier molecular flexibility index (Phi) is 4.99. The predicted molar refractivity (Wildman–Crippen MR) is 113 cm³/mol. The molecule has 29 heavy (non-hydrogen) atoms. The highest BCUT2D eigenvalue weighted by Gasteiger charge is 2.56. The Hall–Kier alpha value is -2.24.